The van der Waals surface area contributed by atoms with Crippen LogP contribution in [0, 0.1) is 0 Å². The highest BCUT2D eigenvalue weighted by Gasteiger charge is 2.39. The molecule has 11 heteroatoms. The van der Waals surface area contributed by atoms with Gasteiger partial charge >= 0.3 is 12.0 Å². The van der Waals surface area contributed by atoms with Gasteiger partial charge in [0.05, 0.1) is 24.5 Å². The Balaban J connectivity index is 1.23. The maximum absolute atomic E-state index is 13.2. The zero-order valence-corrected chi connectivity index (χ0v) is 18.8. The van der Waals surface area contributed by atoms with Gasteiger partial charge in [0.15, 0.2) is 0 Å². The maximum atomic E-state index is 13.2. The number of urea groups is 1. The van der Waals surface area contributed by atoms with Crippen LogP contribution in [-0.2, 0) is 6.54 Å². The molecule has 2 aromatic heterocycles. The molecule has 1 aliphatic carbocycles. The summed E-state index contributed by atoms with van der Waals surface area (Å²) in [6.45, 7) is 1.80. The molecule has 3 aromatic rings. The molecule has 2 N–H and O–H groups in total. The van der Waals surface area contributed by atoms with Gasteiger partial charge in [0.25, 0.3) is 0 Å². The van der Waals surface area contributed by atoms with Crippen molar-refractivity contribution in [2.24, 2.45) is 0 Å². The number of aromatic hydroxyl groups is 1. The van der Waals surface area contributed by atoms with Crippen LogP contribution in [0.25, 0.3) is 5.69 Å². The third-order valence-electron chi connectivity index (χ3n) is 5.95. The number of hydrogen-bond acceptors (Lipinski definition) is 7. The van der Waals surface area contributed by atoms with Gasteiger partial charge in [0.2, 0.25) is 0 Å². The Kier molecular flexibility index (Phi) is 5.99. The molecular weight excluding hydrogens is 444 g/mol. The number of piperidine rings is 1. The van der Waals surface area contributed by atoms with Crippen molar-refractivity contribution in [3.8, 4) is 11.7 Å². The fourth-order valence-electron chi connectivity index (χ4n) is 4.27. The highest BCUT2D eigenvalue weighted by atomic mass is 35.5. The van der Waals surface area contributed by atoms with E-state index in [-0.39, 0.29) is 24.1 Å². The van der Waals surface area contributed by atoms with Crippen LogP contribution in [0.3, 0.4) is 0 Å². The quantitative estimate of drug-likeness (QED) is 0.572. The van der Waals surface area contributed by atoms with Crippen LogP contribution in [0.2, 0.25) is 5.02 Å². The van der Waals surface area contributed by atoms with Crippen molar-refractivity contribution >= 4 is 23.4 Å². The first-order valence-corrected chi connectivity index (χ1v) is 11.4. The van der Waals surface area contributed by atoms with Gasteiger partial charge in [0, 0.05) is 30.4 Å². The summed E-state index contributed by atoms with van der Waals surface area (Å²) in [5.74, 6) is 0.681. The first-order chi connectivity index (χ1) is 16.1. The summed E-state index contributed by atoms with van der Waals surface area (Å²) in [5, 5.41) is 21.6. The number of aromatic nitrogens is 5. The summed E-state index contributed by atoms with van der Waals surface area (Å²) < 4.78 is 1.64. The fourth-order valence-corrected chi connectivity index (χ4v) is 4.45. The lowest BCUT2D eigenvalue weighted by Crippen LogP contribution is -2.54. The molecule has 3 heterocycles. The standard InChI is InChI=1S/C22H25ClN8O2/c23-15-3-1-4-18(11-15)30-13-16(27-28-30)12-25-22(33)31(17-6-7-17)19-5-2-10-29(14-19)20-8-9-24-21(32)26-20/h1,3-4,8-9,11,13,17,19H,2,5-7,10,12,14H2,(H,25,33)(H,24,26,32)/t19-/m1/s1. The third-order valence-corrected chi connectivity index (χ3v) is 6.19. The van der Waals surface area contributed by atoms with E-state index in [1.807, 2.05) is 17.0 Å². The van der Waals surface area contributed by atoms with Crippen molar-refractivity contribution in [3.63, 3.8) is 0 Å². The van der Waals surface area contributed by atoms with Gasteiger partial charge in [-0.2, -0.15) is 4.98 Å². The summed E-state index contributed by atoms with van der Waals surface area (Å²) in [7, 11) is 0. The third kappa shape index (κ3) is 5.00. The molecular formula is C22H25ClN8O2. The number of halogens is 1. The minimum Gasteiger partial charge on any atom is -0.479 e. The average Bonchev–Trinajstić information content (AvgIpc) is 3.53. The number of amides is 2. The number of hydrogen-bond donors (Lipinski definition) is 2. The molecule has 2 amide bonds. The predicted molar refractivity (Wildman–Crippen MR) is 122 cm³/mol. The van der Waals surface area contributed by atoms with E-state index in [1.54, 1.807) is 35.3 Å². The molecule has 1 atom stereocenters. The summed E-state index contributed by atoms with van der Waals surface area (Å²) in [6, 6.07) is 9.14. The van der Waals surface area contributed by atoms with Crippen molar-refractivity contribution in [1.82, 2.24) is 35.2 Å². The van der Waals surface area contributed by atoms with Crippen molar-refractivity contribution in [2.75, 3.05) is 18.0 Å². The summed E-state index contributed by atoms with van der Waals surface area (Å²) in [4.78, 5) is 25.1. The average molecular weight is 469 g/mol. The highest BCUT2D eigenvalue weighted by Crippen LogP contribution is 2.32. The fraction of sp³-hybridized carbons (Fsp3) is 0.409. The van der Waals surface area contributed by atoms with E-state index in [4.69, 9.17) is 11.6 Å². The molecule has 2 aliphatic rings. The van der Waals surface area contributed by atoms with E-state index < -0.39 is 0 Å². The number of rotatable bonds is 6. The molecule has 33 heavy (non-hydrogen) atoms. The number of anilines is 1. The topological polar surface area (TPSA) is 112 Å². The van der Waals surface area contributed by atoms with Crippen molar-refractivity contribution in [1.29, 1.82) is 0 Å². The summed E-state index contributed by atoms with van der Waals surface area (Å²) >= 11 is 6.06. The first-order valence-electron chi connectivity index (χ1n) is 11.1. The predicted octanol–water partition coefficient (Wildman–Crippen LogP) is 2.76. The lowest BCUT2D eigenvalue weighted by atomic mass is 10.0. The lowest BCUT2D eigenvalue weighted by molar-refractivity contribution is 0.160. The van der Waals surface area contributed by atoms with Gasteiger partial charge in [0.1, 0.15) is 11.5 Å². The van der Waals surface area contributed by atoms with Gasteiger partial charge in [-0.1, -0.05) is 22.9 Å². The molecule has 0 spiro atoms. The minimum absolute atomic E-state index is 0.0745. The number of carbonyl (C=O) groups excluding carboxylic acids is 1. The van der Waals surface area contributed by atoms with E-state index in [1.165, 1.54) is 0 Å². The monoisotopic (exact) mass is 468 g/mol. The molecule has 5 rings (SSSR count). The molecule has 172 valence electrons. The van der Waals surface area contributed by atoms with E-state index in [0.717, 1.165) is 37.9 Å². The number of carbonyl (C=O) groups is 1. The molecule has 1 saturated carbocycles. The van der Waals surface area contributed by atoms with Gasteiger partial charge in [-0.25, -0.2) is 14.5 Å². The Bertz CT molecular complexity index is 1130. The normalized spacial score (nSPS) is 18.2. The SMILES string of the molecule is O=C(NCc1cn(-c2cccc(Cl)c2)nn1)N(C1CC1)[C@@H]1CCCN(c2ccnc(O)n2)C1. The summed E-state index contributed by atoms with van der Waals surface area (Å²) in [5.41, 5.74) is 1.48. The van der Waals surface area contributed by atoms with Crippen LogP contribution in [0.1, 0.15) is 31.4 Å². The van der Waals surface area contributed by atoms with Crippen LogP contribution in [0.15, 0.2) is 42.7 Å². The number of nitrogens with one attached hydrogen (secondary N) is 1. The molecule has 2 fully saturated rings. The van der Waals surface area contributed by atoms with Crippen LogP contribution in [0.4, 0.5) is 10.6 Å². The van der Waals surface area contributed by atoms with E-state index in [2.05, 4.69) is 30.5 Å². The lowest BCUT2D eigenvalue weighted by Gasteiger charge is -2.40. The molecule has 1 aliphatic heterocycles. The number of benzene rings is 1. The largest absolute Gasteiger partial charge is 0.479 e. The second kappa shape index (κ2) is 9.22. The van der Waals surface area contributed by atoms with Gasteiger partial charge in [-0.05, 0) is 49.9 Å². The molecule has 1 aromatic carbocycles. The van der Waals surface area contributed by atoms with Crippen molar-refractivity contribution < 1.29 is 9.90 Å². The smallest absolute Gasteiger partial charge is 0.318 e. The van der Waals surface area contributed by atoms with Crippen LogP contribution in [-0.4, -0.2) is 66.2 Å². The number of nitrogens with zero attached hydrogens (tertiary/aromatic N) is 7. The Hall–Kier alpha value is -3.40. The van der Waals surface area contributed by atoms with E-state index in [9.17, 15) is 9.90 Å². The van der Waals surface area contributed by atoms with Crippen molar-refractivity contribution in [2.45, 2.75) is 44.3 Å². The van der Waals surface area contributed by atoms with Crippen molar-refractivity contribution in [3.05, 3.63) is 53.4 Å². The second-order valence-corrected chi connectivity index (χ2v) is 8.82. The highest BCUT2D eigenvalue weighted by molar-refractivity contribution is 6.30. The van der Waals surface area contributed by atoms with Crippen LogP contribution < -0.4 is 10.2 Å². The molecule has 1 saturated heterocycles. The minimum atomic E-state index is -0.239. The first kappa shape index (κ1) is 21.4. The molecule has 0 radical (unpaired) electrons. The van der Waals surface area contributed by atoms with Crippen LogP contribution in [0.5, 0.6) is 6.01 Å². The summed E-state index contributed by atoms with van der Waals surface area (Å²) in [6.07, 6.45) is 7.25. The Morgan fingerprint density at radius 2 is 2.12 bits per heavy atom. The Morgan fingerprint density at radius 3 is 2.91 bits per heavy atom. The Morgan fingerprint density at radius 1 is 1.24 bits per heavy atom. The Labute approximate surface area is 196 Å². The molecule has 0 unspecified atom stereocenters. The maximum Gasteiger partial charge on any atom is 0.318 e. The van der Waals surface area contributed by atoms with Gasteiger partial charge in [-0.15, -0.1) is 5.10 Å². The zero-order chi connectivity index (χ0) is 22.8. The van der Waals surface area contributed by atoms with Crippen LogP contribution >= 0.6 is 11.6 Å². The van der Waals surface area contributed by atoms with Gasteiger partial charge in [-0.3, -0.25) is 0 Å². The van der Waals surface area contributed by atoms with E-state index >= 15 is 0 Å². The zero-order valence-electron chi connectivity index (χ0n) is 18.0. The molecule has 10 nitrogen and oxygen atoms in total. The molecule has 0 bridgehead atoms. The second-order valence-electron chi connectivity index (χ2n) is 8.39. The van der Waals surface area contributed by atoms with E-state index in [0.29, 0.717) is 29.6 Å². The van der Waals surface area contributed by atoms with Gasteiger partial charge < -0.3 is 20.2 Å².